The number of carbonyl (C=O) groups is 1. The highest BCUT2D eigenvalue weighted by Crippen LogP contribution is 2.31. The molecule has 1 unspecified atom stereocenters. The van der Waals surface area contributed by atoms with E-state index in [1.165, 1.54) is 0 Å². The lowest BCUT2D eigenvalue weighted by molar-refractivity contribution is -0.137. The fourth-order valence-electron chi connectivity index (χ4n) is 3.37. The summed E-state index contributed by atoms with van der Waals surface area (Å²) in [6, 6.07) is 3.87. The lowest BCUT2D eigenvalue weighted by atomic mass is 9.95. The van der Waals surface area contributed by atoms with E-state index >= 15 is 0 Å². The van der Waals surface area contributed by atoms with Gasteiger partial charge in [0.15, 0.2) is 0 Å². The van der Waals surface area contributed by atoms with Gasteiger partial charge in [0, 0.05) is 33.2 Å². The van der Waals surface area contributed by atoms with Gasteiger partial charge < -0.3 is 13.9 Å². The molecule has 0 saturated carbocycles. The number of aryl methyl sites for hydroxylation is 1. The summed E-state index contributed by atoms with van der Waals surface area (Å²) in [6.07, 6.45) is 4.62. The number of amides is 1. The molecule has 0 bridgehead atoms. The minimum atomic E-state index is -0.119. The molecule has 116 valence electrons. The molecule has 2 aromatic rings. The van der Waals surface area contributed by atoms with Gasteiger partial charge in [-0.15, -0.1) is 0 Å². The Kier molecular flexibility index (Phi) is 3.26. The summed E-state index contributed by atoms with van der Waals surface area (Å²) < 4.78 is 7.44. The van der Waals surface area contributed by atoms with E-state index in [1.807, 2.05) is 35.0 Å². The number of rotatable bonds is 3. The van der Waals surface area contributed by atoms with E-state index in [0.717, 1.165) is 49.7 Å². The van der Waals surface area contributed by atoms with Gasteiger partial charge in [-0.3, -0.25) is 9.69 Å². The number of hydrogen-bond donors (Lipinski definition) is 0. The van der Waals surface area contributed by atoms with Crippen molar-refractivity contribution in [2.75, 3.05) is 19.6 Å². The molecular weight excluding hydrogens is 280 g/mol. The smallest absolute Gasteiger partial charge is 0.233 e. The SMILES string of the molecule is Cn1cnc2c1C(C(=O)N1CCC1)CN(Cc1ccco1)C2. The molecule has 6 heteroatoms. The van der Waals surface area contributed by atoms with Crippen LogP contribution in [-0.4, -0.2) is 44.9 Å². The van der Waals surface area contributed by atoms with E-state index in [-0.39, 0.29) is 11.8 Å². The fraction of sp³-hybridized carbons (Fsp3) is 0.500. The highest BCUT2D eigenvalue weighted by Gasteiger charge is 2.37. The van der Waals surface area contributed by atoms with Crippen LogP contribution in [0.25, 0.3) is 0 Å². The zero-order chi connectivity index (χ0) is 15.1. The fourth-order valence-corrected chi connectivity index (χ4v) is 3.37. The van der Waals surface area contributed by atoms with Crippen LogP contribution in [0.3, 0.4) is 0 Å². The summed E-state index contributed by atoms with van der Waals surface area (Å²) >= 11 is 0. The van der Waals surface area contributed by atoms with Gasteiger partial charge in [0.1, 0.15) is 5.76 Å². The van der Waals surface area contributed by atoms with Gasteiger partial charge in [-0.25, -0.2) is 4.98 Å². The first-order chi connectivity index (χ1) is 10.7. The maximum atomic E-state index is 12.8. The molecule has 2 aliphatic heterocycles. The topological polar surface area (TPSA) is 54.5 Å². The first-order valence-corrected chi connectivity index (χ1v) is 7.76. The van der Waals surface area contributed by atoms with E-state index in [0.29, 0.717) is 6.54 Å². The van der Waals surface area contributed by atoms with Gasteiger partial charge in [-0.05, 0) is 18.6 Å². The largest absolute Gasteiger partial charge is 0.468 e. The Morgan fingerprint density at radius 1 is 1.45 bits per heavy atom. The minimum Gasteiger partial charge on any atom is -0.468 e. The van der Waals surface area contributed by atoms with Crippen molar-refractivity contribution in [3.63, 3.8) is 0 Å². The van der Waals surface area contributed by atoms with E-state index in [2.05, 4.69) is 9.88 Å². The number of hydrogen-bond acceptors (Lipinski definition) is 4. The zero-order valence-corrected chi connectivity index (χ0v) is 12.7. The second-order valence-corrected chi connectivity index (χ2v) is 6.17. The third-order valence-corrected chi connectivity index (χ3v) is 4.63. The van der Waals surface area contributed by atoms with Crippen molar-refractivity contribution in [2.24, 2.45) is 7.05 Å². The molecule has 1 fully saturated rings. The molecule has 22 heavy (non-hydrogen) atoms. The highest BCUT2D eigenvalue weighted by atomic mass is 16.3. The van der Waals surface area contributed by atoms with Crippen molar-refractivity contribution in [2.45, 2.75) is 25.4 Å². The summed E-state index contributed by atoms with van der Waals surface area (Å²) in [4.78, 5) is 21.5. The Morgan fingerprint density at radius 2 is 2.32 bits per heavy atom. The number of furan rings is 1. The minimum absolute atomic E-state index is 0.119. The van der Waals surface area contributed by atoms with Crippen molar-refractivity contribution < 1.29 is 9.21 Å². The van der Waals surface area contributed by atoms with E-state index in [1.54, 1.807) is 6.26 Å². The van der Waals surface area contributed by atoms with Crippen LogP contribution >= 0.6 is 0 Å². The van der Waals surface area contributed by atoms with Crippen LogP contribution in [0.4, 0.5) is 0 Å². The third kappa shape index (κ3) is 2.23. The molecule has 2 aliphatic rings. The molecule has 0 radical (unpaired) electrons. The van der Waals surface area contributed by atoms with Gasteiger partial charge in [-0.2, -0.15) is 0 Å². The van der Waals surface area contributed by atoms with Gasteiger partial charge >= 0.3 is 0 Å². The third-order valence-electron chi connectivity index (χ3n) is 4.63. The van der Waals surface area contributed by atoms with E-state index in [9.17, 15) is 4.79 Å². The summed E-state index contributed by atoms with van der Waals surface area (Å²) in [5.74, 6) is 1.04. The van der Waals surface area contributed by atoms with Crippen LogP contribution in [0.5, 0.6) is 0 Å². The zero-order valence-electron chi connectivity index (χ0n) is 12.7. The molecule has 6 nitrogen and oxygen atoms in total. The maximum Gasteiger partial charge on any atom is 0.233 e. The summed E-state index contributed by atoms with van der Waals surface area (Å²) in [6.45, 7) is 3.98. The van der Waals surface area contributed by atoms with Crippen molar-refractivity contribution in [3.8, 4) is 0 Å². The molecule has 0 spiro atoms. The molecule has 0 aliphatic carbocycles. The van der Waals surface area contributed by atoms with Crippen molar-refractivity contribution >= 4 is 5.91 Å². The lowest BCUT2D eigenvalue weighted by Crippen LogP contribution is -2.48. The molecule has 1 atom stereocenters. The Hall–Kier alpha value is -2.08. The Morgan fingerprint density at radius 3 is 3.00 bits per heavy atom. The van der Waals surface area contributed by atoms with Gasteiger partial charge in [-0.1, -0.05) is 0 Å². The molecule has 0 N–H and O–H groups in total. The first-order valence-electron chi connectivity index (χ1n) is 7.76. The molecule has 1 saturated heterocycles. The van der Waals surface area contributed by atoms with Gasteiger partial charge in [0.05, 0.1) is 36.4 Å². The predicted octanol–water partition coefficient (Wildman–Crippen LogP) is 1.34. The number of carbonyl (C=O) groups excluding carboxylic acids is 1. The van der Waals surface area contributed by atoms with Crippen LogP contribution in [0.1, 0.15) is 29.5 Å². The molecular formula is C16H20N4O2. The Labute approximate surface area is 129 Å². The van der Waals surface area contributed by atoms with Crippen molar-refractivity contribution in [1.29, 1.82) is 0 Å². The lowest BCUT2D eigenvalue weighted by Gasteiger charge is -2.38. The predicted molar refractivity (Wildman–Crippen MR) is 80.0 cm³/mol. The molecule has 4 heterocycles. The monoisotopic (exact) mass is 300 g/mol. The molecule has 0 aromatic carbocycles. The number of nitrogens with zero attached hydrogens (tertiary/aromatic N) is 4. The normalized spacial score (nSPS) is 21.5. The van der Waals surface area contributed by atoms with Crippen LogP contribution in [0, 0.1) is 0 Å². The summed E-state index contributed by atoms with van der Waals surface area (Å²) in [7, 11) is 1.98. The van der Waals surface area contributed by atoms with Crippen molar-refractivity contribution in [3.05, 3.63) is 41.9 Å². The number of fused-ring (bicyclic) bond motifs is 1. The Bertz CT molecular complexity index is 672. The molecule has 2 aromatic heterocycles. The van der Waals surface area contributed by atoms with Crippen LogP contribution in [0.2, 0.25) is 0 Å². The van der Waals surface area contributed by atoms with E-state index in [4.69, 9.17) is 4.42 Å². The summed E-state index contributed by atoms with van der Waals surface area (Å²) in [5.41, 5.74) is 2.09. The quantitative estimate of drug-likeness (QED) is 0.858. The standard InChI is InChI=1S/C16H20N4O2/c1-18-11-17-14-10-19(8-12-4-2-7-22-12)9-13(15(14)18)16(21)20-5-3-6-20/h2,4,7,11,13H,3,5-6,8-10H2,1H3. The molecule has 1 amide bonds. The van der Waals surface area contributed by atoms with Crippen molar-refractivity contribution in [1.82, 2.24) is 19.4 Å². The number of aromatic nitrogens is 2. The van der Waals surface area contributed by atoms with Crippen LogP contribution in [-0.2, 0) is 24.9 Å². The first kappa shape index (κ1) is 13.6. The van der Waals surface area contributed by atoms with Crippen LogP contribution in [0.15, 0.2) is 29.1 Å². The average molecular weight is 300 g/mol. The second kappa shape index (κ2) is 5.28. The van der Waals surface area contributed by atoms with Crippen LogP contribution < -0.4 is 0 Å². The average Bonchev–Trinajstić information content (AvgIpc) is 3.07. The maximum absolute atomic E-state index is 12.8. The Balaban J connectivity index is 1.60. The number of likely N-dealkylation sites (tertiary alicyclic amines) is 1. The van der Waals surface area contributed by atoms with E-state index < -0.39 is 0 Å². The highest BCUT2D eigenvalue weighted by molar-refractivity contribution is 5.84. The second-order valence-electron chi connectivity index (χ2n) is 6.17. The van der Waals surface area contributed by atoms with Gasteiger partial charge in [0.25, 0.3) is 0 Å². The van der Waals surface area contributed by atoms with Gasteiger partial charge in [0.2, 0.25) is 5.91 Å². The molecule has 4 rings (SSSR count). The summed E-state index contributed by atoms with van der Waals surface area (Å²) in [5, 5.41) is 0. The number of imidazole rings is 1.